The summed E-state index contributed by atoms with van der Waals surface area (Å²) in [6.07, 6.45) is 0. The molecule has 52 valence electrons. The first-order valence-electron chi connectivity index (χ1n) is 2.78. The van der Waals surface area contributed by atoms with Gasteiger partial charge in [0.25, 0.3) is 0 Å². The predicted molar refractivity (Wildman–Crippen MR) is 36.1 cm³/mol. The van der Waals surface area contributed by atoms with Crippen molar-refractivity contribution < 1.29 is 9.90 Å². The molecule has 0 fully saturated rings. The van der Waals surface area contributed by atoms with Gasteiger partial charge in [-0.1, -0.05) is 6.58 Å². The van der Waals surface area contributed by atoms with Gasteiger partial charge in [0, 0.05) is 0 Å². The maximum Gasteiger partial charge on any atom is 0.188 e. The van der Waals surface area contributed by atoms with E-state index in [9.17, 15) is 4.79 Å². The van der Waals surface area contributed by atoms with Crippen LogP contribution in [0.1, 0.15) is 20.8 Å². The average Bonchev–Trinajstić information content (AvgIpc) is 1.62. The number of carbonyl (C=O) groups excluding carboxylic acids is 1. The van der Waals surface area contributed by atoms with Crippen molar-refractivity contribution in [3.05, 3.63) is 12.2 Å². The highest BCUT2D eigenvalue weighted by atomic mass is 16.3. The summed E-state index contributed by atoms with van der Waals surface area (Å²) in [4.78, 5) is 10.8. The quantitative estimate of drug-likeness (QED) is 0.561. The third-order valence-corrected chi connectivity index (χ3v) is 0.943. The Morgan fingerprint density at radius 3 is 1.89 bits per heavy atom. The van der Waals surface area contributed by atoms with Crippen molar-refractivity contribution >= 4 is 5.78 Å². The summed E-state index contributed by atoms with van der Waals surface area (Å²) in [5.74, 6) is -0.303. The van der Waals surface area contributed by atoms with Crippen LogP contribution in [0.3, 0.4) is 0 Å². The lowest BCUT2D eigenvalue weighted by molar-refractivity contribution is -0.129. The van der Waals surface area contributed by atoms with Gasteiger partial charge in [0.15, 0.2) is 5.78 Å². The summed E-state index contributed by atoms with van der Waals surface area (Å²) in [6, 6.07) is 0. The Balaban J connectivity index is 4.23. The molecule has 0 unspecified atom stereocenters. The predicted octanol–water partition coefficient (Wildman–Crippen LogP) is 0.902. The van der Waals surface area contributed by atoms with Gasteiger partial charge >= 0.3 is 0 Å². The molecule has 0 radical (unpaired) electrons. The molecule has 0 aliphatic rings. The van der Waals surface area contributed by atoms with Gasteiger partial charge in [0.2, 0.25) is 0 Å². The summed E-state index contributed by atoms with van der Waals surface area (Å²) in [5, 5.41) is 9.05. The molecule has 0 rings (SSSR count). The van der Waals surface area contributed by atoms with E-state index in [1.165, 1.54) is 13.8 Å². The highest BCUT2D eigenvalue weighted by Gasteiger charge is 2.23. The van der Waals surface area contributed by atoms with E-state index in [4.69, 9.17) is 5.11 Å². The number of ketones is 1. The Hall–Kier alpha value is -0.630. The fourth-order valence-corrected chi connectivity index (χ4v) is 0.522. The van der Waals surface area contributed by atoms with Gasteiger partial charge in [-0.3, -0.25) is 4.79 Å². The van der Waals surface area contributed by atoms with Crippen molar-refractivity contribution in [2.45, 2.75) is 26.4 Å². The second-order valence-corrected chi connectivity index (χ2v) is 2.67. The minimum absolute atomic E-state index is 0.303. The zero-order valence-corrected chi connectivity index (χ0v) is 6.06. The second-order valence-electron chi connectivity index (χ2n) is 2.67. The van der Waals surface area contributed by atoms with E-state index in [-0.39, 0.29) is 5.78 Å². The van der Waals surface area contributed by atoms with Crippen molar-refractivity contribution in [1.29, 1.82) is 0 Å². The molecule has 0 aliphatic heterocycles. The lowest BCUT2D eigenvalue weighted by atomic mass is 9.99. The van der Waals surface area contributed by atoms with E-state index >= 15 is 0 Å². The molecule has 0 aliphatic carbocycles. The van der Waals surface area contributed by atoms with Crippen LogP contribution < -0.4 is 0 Å². The molecule has 2 heteroatoms. The Bertz CT molecular complexity index is 139. The average molecular weight is 128 g/mol. The molecule has 0 atom stereocenters. The SMILES string of the molecule is C=C(C)C(=O)C(C)(C)O. The zero-order valence-electron chi connectivity index (χ0n) is 6.06. The van der Waals surface area contributed by atoms with E-state index in [0.29, 0.717) is 5.57 Å². The molecule has 9 heavy (non-hydrogen) atoms. The molecule has 2 nitrogen and oxygen atoms in total. The van der Waals surface area contributed by atoms with Crippen LogP contribution in [-0.2, 0) is 4.79 Å². The van der Waals surface area contributed by atoms with Gasteiger partial charge in [0.1, 0.15) is 5.60 Å². The van der Waals surface area contributed by atoms with Gasteiger partial charge in [-0.15, -0.1) is 0 Å². The largest absolute Gasteiger partial charge is 0.382 e. The van der Waals surface area contributed by atoms with Gasteiger partial charge in [-0.05, 0) is 26.3 Å². The van der Waals surface area contributed by atoms with Crippen LogP contribution in [0.2, 0.25) is 0 Å². The van der Waals surface area contributed by atoms with Crippen LogP contribution >= 0.6 is 0 Å². The van der Waals surface area contributed by atoms with Crippen molar-refractivity contribution in [2.24, 2.45) is 0 Å². The molecule has 0 saturated heterocycles. The molecular formula is C7H12O2. The lowest BCUT2D eigenvalue weighted by Gasteiger charge is -2.14. The van der Waals surface area contributed by atoms with Crippen LogP contribution in [0.15, 0.2) is 12.2 Å². The fourth-order valence-electron chi connectivity index (χ4n) is 0.522. The van der Waals surface area contributed by atoms with Crippen molar-refractivity contribution in [3.63, 3.8) is 0 Å². The minimum atomic E-state index is -1.26. The third kappa shape index (κ3) is 2.42. The zero-order chi connectivity index (χ0) is 7.65. The molecule has 0 saturated carbocycles. The van der Waals surface area contributed by atoms with Gasteiger partial charge < -0.3 is 5.11 Å². The Labute approximate surface area is 55.2 Å². The van der Waals surface area contributed by atoms with Crippen molar-refractivity contribution in [1.82, 2.24) is 0 Å². The van der Waals surface area contributed by atoms with Gasteiger partial charge in [-0.2, -0.15) is 0 Å². The van der Waals surface area contributed by atoms with Crippen molar-refractivity contribution in [2.75, 3.05) is 0 Å². The summed E-state index contributed by atoms with van der Waals surface area (Å²) in [5.41, 5.74) is -0.867. The lowest BCUT2D eigenvalue weighted by Crippen LogP contribution is -2.31. The maximum absolute atomic E-state index is 10.8. The standard InChI is InChI=1S/C7H12O2/c1-5(2)6(8)7(3,4)9/h9H,1H2,2-4H3. The third-order valence-electron chi connectivity index (χ3n) is 0.943. The molecule has 0 aromatic rings. The highest BCUT2D eigenvalue weighted by Crippen LogP contribution is 2.07. The van der Waals surface area contributed by atoms with E-state index in [2.05, 4.69) is 6.58 Å². The number of hydrogen-bond acceptors (Lipinski definition) is 2. The van der Waals surface area contributed by atoms with E-state index in [1.807, 2.05) is 0 Å². The maximum atomic E-state index is 10.8. The molecule has 1 N–H and O–H groups in total. The number of carbonyl (C=O) groups is 1. The Morgan fingerprint density at radius 2 is 1.89 bits per heavy atom. The first-order chi connectivity index (χ1) is 3.85. The molecule has 0 heterocycles. The molecule has 0 spiro atoms. The summed E-state index contributed by atoms with van der Waals surface area (Å²) < 4.78 is 0. The van der Waals surface area contributed by atoms with Crippen LogP contribution in [0.4, 0.5) is 0 Å². The van der Waals surface area contributed by atoms with Gasteiger partial charge in [-0.25, -0.2) is 0 Å². The summed E-state index contributed by atoms with van der Waals surface area (Å²) in [6.45, 7) is 7.89. The summed E-state index contributed by atoms with van der Waals surface area (Å²) in [7, 11) is 0. The Morgan fingerprint density at radius 1 is 1.56 bits per heavy atom. The number of Topliss-reactive ketones (excluding diaryl/α,β-unsaturated/α-hetero) is 1. The number of hydrogen-bond donors (Lipinski definition) is 1. The highest BCUT2D eigenvalue weighted by molar-refractivity contribution is 5.99. The fraction of sp³-hybridized carbons (Fsp3) is 0.571. The van der Waals surface area contributed by atoms with Crippen LogP contribution in [0.5, 0.6) is 0 Å². The van der Waals surface area contributed by atoms with E-state index in [1.54, 1.807) is 6.92 Å². The second kappa shape index (κ2) is 2.31. The van der Waals surface area contributed by atoms with E-state index < -0.39 is 5.60 Å². The minimum Gasteiger partial charge on any atom is -0.382 e. The van der Waals surface area contributed by atoms with Crippen LogP contribution in [-0.4, -0.2) is 16.5 Å². The topological polar surface area (TPSA) is 37.3 Å². The number of aliphatic hydroxyl groups is 1. The monoisotopic (exact) mass is 128 g/mol. The smallest absolute Gasteiger partial charge is 0.188 e. The van der Waals surface area contributed by atoms with Gasteiger partial charge in [0.05, 0.1) is 0 Å². The molecule has 0 aromatic carbocycles. The molecule has 0 aromatic heterocycles. The van der Waals surface area contributed by atoms with Crippen LogP contribution in [0.25, 0.3) is 0 Å². The molecule has 0 amide bonds. The molecule has 0 bridgehead atoms. The van der Waals surface area contributed by atoms with Crippen LogP contribution in [0, 0.1) is 0 Å². The Kier molecular flexibility index (Phi) is 2.15. The number of rotatable bonds is 2. The summed E-state index contributed by atoms with van der Waals surface area (Å²) >= 11 is 0. The molecular weight excluding hydrogens is 116 g/mol. The normalized spacial score (nSPS) is 11.1. The first-order valence-corrected chi connectivity index (χ1v) is 2.78. The van der Waals surface area contributed by atoms with Crippen molar-refractivity contribution in [3.8, 4) is 0 Å². The van der Waals surface area contributed by atoms with E-state index in [0.717, 1.165) is 0 Å². The first kappa shape index (κ1) is 8.37.